The maximum Gasteiger partial charge on any atom is 0.0267 e. The van der Waals surface area contributed by atoms with Crippen LogP contribution in [0.3, 0.4) is 0 Å². The second kappa shape index (κ2) is 7.06. The van der Waals surface area contributed by atoms with E-state index in [-0.39, 0.29) is 0 Å². The number of nitrogens with zero attached hydrogens (tertiary/aromatic N) is 1. The van der Waals surface area contributed by atoms with Gasteiger partial charge < -0.3 is 0 Å². The first-order valence-electron chi connectivity index (χ1n) is 3.58. The fourth-order valence-electron chi connectivity index (χ4n) is 0.313. The largest absolute Gasteiger partial charge is 0.265 e. The molecule has 0 fully saturated rings. The van der Waals surface area contributed by atoms with Crippen LogP contribution in [0.25, 0.3) is 0 Å². The van der Waals surface area contributed by atoms with E-state index in [0.717, 1.165) is 0 Å². The van der Waals surface area contributed by atoms with Crippen molar-refractivity contribution in [3.8, 4) is 0 Å². The molecule has 1 aromatic rings. The fraction of sp³-hybridized carbons (Fsp3) is 0.375. The summed E-state index contributed by atoms with van der Waals surface area (Å²) in [6.07, 6.45) is 3.50. The maximum atomic E-state index is 3.78. The van der Waals surface area contributed by atoms with Crippen LogP contribution < -0.4 is 0 Å². The third kappa shape index (κ3) is 10.8. The van der Waals surface area contributed by atoms with Gasteiger partial charge >= 0.3 is 34.6 Å². The Hall–Kier alpha value is -0.0513. The normalized spacial score (nSPS) is 8.40. The quantitative estimate of drug-likeness (QED) is 0.637. The summed E-state index contributed by atoms with van der Waals surface area (Å²) in [7, 11) is 0. The van der Waals surface area contributed by atoms with Crippen molar-refractivity contribution >= 4 is 19.8 Å². The van der Waals surface area contributed by atoms with Crippen molar-refractivity contribution in [2.45, 2.75) is 14.8 Å². The van der Waals surface area contributed by atoms with Crippen LogP contribution in [0, 0.1) is 0 Å². The van der Waals surface area contributed by atoms with Gasteiger partial charge in [0.1, 0.15) is 0 Å². The Bertz CT molecular complexity index is 110. The van der Waals surface area contributed by atoms with Crippen molar-refractivity contribution in [1.82, 2.24) is 4.98 Å². The SMILES string of the molecule is [CH3][SnH]([CH3])[CH3].c1ccncc1. The Kier molecular flexibility index (Phi) is 7.02. The molecule has 0 N–H and O–H groups in total. The second-order valence-corrected chi connectivity index (χ2v) is 12.6. The molecule has 0 amide bonds. The molecule has 0 unspecified atom stereocenters. The summed E-state index contributed by atoms with van der Waals surface area (Å²) in [5.41, 5.74) is 0. The average molecular weight is 244 g/mol. The molecule has 1 nitrogen and oxygen atoms in total. The van der Waals surface area contributed by atoms with Gasteiger partial charge in [0.15, 0.2) is 0 Å². The molecule has 56 valence electrons. The molecule has 0 aliphatic carbocycles. The third-order valence-electron chi connectivity index (χ3n) is 0.566. The number of hydrogen-bond donors (Lipinski definition) is 0. The van der Waals surface area contributed by atoms with E-state index in [1.807, 2.05) is 18.2 Å². The molecule has 0 radical (unpaired) electrons. The summed E-state index contributed by atoms with van der Waals surface area (Å²) in [4.78, 5) is 10.9. The Labute approximate surface area is 70.2 Å². The molecule has 0 saturated carbocycles. The zero-order valence-electron chi connectivity index (χ0n) is 6.91. The topological polar surface area (TPSA) is 12.9 Å². The molecule has 0 bridgehead atoms. The molecule has 1 aromatic heterocycles. The standard InChI is InChI=1S/C5H5N.3CH3.Sn.H/c1-2-4-6-5-3-1;;;;;/h1-5H;3*1H3;;. The van der Waals surface area contributed by atoms with Gasteiger partial charge in [-0.3, -0.25) is 4.98 Å². The third-order valence-corrected chi connectivity index (χ3v) is 0.566. The van der Waals surface area contributed by atoms with Gasteiger partial charge in [0.05, 0.1) is 0 Å². The minimum absolute atomic E-state index is 0.637. The molecular formula is C8H15NSn. The van der Waals surface area contributed by atoms with Crippen molar-refractivity contribution in [3.05, 3.63) is 30.6 Å². The summed E-state index contributed by atoms with van der Waals surface area (Å²) < 4.78 is 0. The Morgan fingerprint density at radius 2 is 1.30 bits per heavy atom. The molecule has 0 saturated heterocycles. The molecule has 0 atom stereocenters. The van der Waals surface area contributed by atoms with E-state index < -0.39 is 19.8 Å². The minimum Gasteiger partial charge on any atom is -0.265 e. The van der Waals surface area contributed by atoms with Gasteiger partial charge in [-0.15, -0.1) is 0 Å². The van der Waals surface area contributed by atoms with Crippen molar-refractivity contribution in [3.63, 3.8) is 0 Å². The average Bonchev–Trinajstić information content (AvgIpc) is 1.90. The van der Waals surface area contributed by atoms with E-state index >= 15 is 0 Å². The molecule has 0 aromatic carbocycles. The van der Waals surface area contributed by atoms with Gasteiger partial charge in [-0.05, 0) is 12.1 Å². The fourth-order valence-corrected chi connectivity index (χ4v) is 0.313. The van der Waals surface area contributed by atoms with Crippen molar-refractivity contribution in [2.24, 2.45) is 0 Å². The van der Waals surface area contributed by atoms with Gasteiger partial charge in [-0.25, -0.2) is 0 Å². The van der Waals surface area contributed by atoms with E-state index in [9.17, 15) is 0 Å². The smallest absolute Gasteiger partial charge is 0.0267 e. The zero-order chi connectivity index (χ0) is 7.82. The first-order chi connectivity index (χ1) is 4.73. The molecular weight excluding hydrogens is 229 g/mol. The van der Waals surface area contributed by atoms with Crippen LogP contribution in [0.15, 0.2) is 30.6 Å². The summed E-state index contributed by atoms with van der Waals surface area (Å²) in [6, 6.07) is 5.72. The Morgan fingerprint density at radius 1 is 0.900 bits per heavy atom. The molecule has 0 aliphatic heterocycles. The number of rotatable bonds is 0. The Morgan fingerprint density at radius 3 is 1.40 bits per heavy atom. The number of hydrogen-bond acceptors (Lipinski definition) is 1. The first-order valence-corrected chi connectivity index (χ1v) is 13.5. The van der Waals surface area contributed by atoms with Gasteiger partial charge in [-0.1, -0.05) is 6.07 Å². The van der Waals surface area contributed by atoms with Gasteiger partial charge in [0.25, 0.3) is 0 Å². The van der Waals surface area contributed by atoms with Crippen molar-refractivity contribution < 1.29 is 0 Å². The number of aromatic nitrogens is 1. The van der Waals surface area contributed by atoms with Crippen LogP contribution in [-0.4, -0.2) is 24.7 Å². The molecule has 0 aliphatic rings. The molecule has 2 heteroatoms. The van der Waals surface area contributed by atoms with Crippen LogP contribution >= 0.6 is 0 Å². The molecule has 1 heterocycles. The predicted molar refractivity (Wildman–Crippen MR) is 49.0 cm³/mol. The summed E-state index contributed by atoms with van der Waals surface area (Å²) in [6.45, 7) is 0. The van der Waals surface area contributed by atoms with E-state index in [1.165, 1.54) is 0 Å². The van der Waals surface area contributed by atoms with Crippen LogP contribution in [0.4, 0.5) is 0 Å². The monoisotopic (exact) mass is 245 g/mol. The predicted octanol–water partition coefficient (Wildman–Crippen LogP) is 2.18. The van der Waals surface area contributed by atoms with Crippen LogP contribution in [-0.2, 0) is 0 Å². The second-order valence-electron chi connectivity index (χ2n) is 2.76. The first kappa shape index (κ1) is 9.95. The van der Waals surface area contributed by atoms with Gasteiger partial charge in [0.2, 0.25) is 0 Å². The maximum absolute atomic E-state index is 3.78. The Balaban J connectivity index is 0.000000180. The van der Waals surface area contributed by atoms with E-state index in [2.05, 4.69) is 19.8 Å². The van der Waals surface area contributed by atoms with Crippen molar-refractivity contribution in [2.75, 3.05) is 0 Å². The summed E-state index contributed by atoms with van der Waals surface area (Å²) in [5, 5.41) is 0. The van der Waals surface area contributed by atoms with Crippen LogP contribution in [0.1, 0.15) is 0 Å². The van der Waals surface area contributed by atoms with Crippen molar-refractivity contribution in [1.29, 1.82) is 0 Å². The molecule has 1 rings (SSSR count). The zero-order valence-corrected chi connectivity index (χ0v) is 10.2. The molecule has 0 spiro atoms. The number of pyridine rings is 1. The van der Waals surface area contributed by atoms with Crippen LogP contribution in [0.2, 0.25) is 14.8 Å². The van der Waals surface area contributed by atoms with Crippen LogP contribution in [0.5, 0.6) is 0 Å². The van der Waals surface area contributed by atoms with E-state index in [0.29, 0.717) is 0 Å². The minimum atomic E-state index is -0.637. The van der Waals surface area contributed by atoms with Gasteiger partial charge in [-0.2, -0.15) is 0 Å². The summed E-state index contributed by atoms with van der Waals surface area (Å²) >= 11 is -0.637. The molecule has 10 heavy (non-hydrogen) atoms. The van der Waals surface area contributed by atoms with Gasteiger partial charge in [0, 0.05) is 12.4 Å². The van der Waals surface area contributed by atoms with E-state index in [4.69, 9.17) is 0 Å². The summed E-state index contributed by atoms with van der Waals surface area (Å²) in [5.74, 6) is 0. The van der Waals surface area contributed by atoms with E-state index in [1.54, 1.807) is 12.4 Å².